The number of nitrogens with one attached hydrogen (secondary N) is 1. The molecule has 4 aliphatic heterocycles. The molecule has 1 N–H and O–H groups in total. The van der Waals surface area contributed by atoms with E-state index < -0.39 is 23.5 Å². The summed E-state index contributed by atoms with van der Waals surface area (Å²) in [5.41, 5.74) is 4.34. The second kappa shape index (κ2) is 13.8. The zero-order valence-corrected chi connectivity index (χ0v) is 32.4. The van der Waals surface area contributed by atoms with Crippen molar-refractivity contribution in [1.29, 1.82) is 0 Å². The molecule has 13 nitrogen and oxygen atoms in total. The lowest BCUT2D eigenvalue weighted by Gasteiger charge is -2.47. The number of fused-ring (bicyclic) bond motifs is 5. The van der Waals surface area contributed by atoms with Gasteiger partial charge in [0.1, 0.15) is 29.8 Å². The number of rotatable bonds is 6. The molecule has 5 aliphatic rings. The molecular formula is C40H53FN8O5. The first-order valence-electron chi connectivity index (χ1n) is 19.4. The van der Waals surface area contributed by atoms with Gasteiger partial charge in [-0.05, 0) is 94.7 Å². The Morgan fingerprint density at radius 1 is 1.13 bits per heavy atom. The van der Waals surface area contributed by atoms with Crippen LogP contribution in [-0.2, 0) is 47.6 Å². The molecule has 8 rings (SSSR count). The van der Waals surface area contributed by atoms with Crippen LogP contribution in [0.4, 0.5) is 20.7 Å². The average Bonchev–Trinajstić information content (AvgIpc) is 3.74. The normalized spacial score (nSPS) is 26.4. The van der Waals surface area contributed by atoms with Crippen molar-refractivity contribution < 1.29 is 28.2 Å². The minimum absolute atomic E-state index is 0.134. The number of halogens is 1. The van der Waals surface area contributed by atoms with Gasteiger partial charge in [-0.15, -0.1) is 0 Å². The van der Waals surface area contributed by atoms with Crippen molar-refractivity contribution in [3.63, 3.8) is 0 Å². The third-order valence-electron chi connectivity index (χ3n) is 12.0. The first-order valence-corrected chi connectivity index (χ1v) is 19.4. The van der Waals surface area contributed by atoms with Crippen molar-refractivity contribution >= 4 is 23.5 Å². The molecule has 2 unspecified atom stereocenters. The fourth-order valence-electron chi connectivity index (χ4n) is 9.29. The highest BCUT2D eigenvalue weighted by atomic mass is 19.1. The number of carbonyl (C=O) groups excluding carboxylic acids is 2. The smallest absolute Gasteiger partial charge is 0.412 e. The van der Waals surface area contributed by atoms with Gasteiger partial charge in [-0.1, -0.05) is 13.0 Å². The molecule has 0 radical (unpaired) electrons. The van der Waals surface area contributed by atoms with Gasteiger partial charge in [-0.25, -0.2) is 9.18 Å². The summed E-state index contributed by atoms with van der Waals surface area (Å²) in [6, 6.07) is 8.20. The van der Waals surface area contributed by atoms with E-state index in [1.807, 2.05) is 43.7 Å². The number of aryl methyl sites for hydroxylation is 2. The van der Waals surface area contributed by atoms with Crippen LogP contribution >= 0.6 is 0 Å². The number of aromatic nitrogens is 4. The molecule has 0 saturated carbocycles. The van der Waals surface area contributed by atoms with Crippen molar-refractivity contribution in [2.45, 2.75) is 115 Å². The molecule has 0 bridgehead atoms. The summed E-state index contributed by atoms with van der Waals surface area (Å²) in [5, 5.41) is 7.58. The van der Waals surface area contributed by atoms with E-state index in [2.05, 4.69) is 33.2 Å². The van der Waals surface area contributed by atoms with Gasteiger partial charge < -0.3 is 24.0 Å². The molecule has 1 aromatic carbocycles. The molecule has 2 aromatic heterocycles. The number of carbonyl (C=O) groups is 2. The Hall–Kier alpha value is -4.30. The highest BCUT2D eigenvalue weighted by molar-refractivity contribution is 5.92. The number of hydrogen-bond acceptors (Lipinski definition) is 10. The van der Waals surface area contributed by atoms with Crippen LogP contribution in [0, 0.1) is 5.92 Å². The Bertz CT molecular complexity index is 1950. The second-order valence-corrected chi connectivity index (χ2v) is 17.1. The molecule has 290 valence electrons. The van der Waals surface area contributed by atoms with Crippen molar-refractivity contribution in [3.05, 3.63) is 58.0 Å². The third kappa shape index (κ3) is 6.80. The Morgan fingerprint density at radius 3 is 2.76 bits per heavy atom. The van der Waals surface area contributed by atoms with E-state index in [1.54, 1.807) is 19.0 Å². The minimum atomic E-state index is -0.861. The lowest BCUT2D eigenvalue weighted by atomic mass is 9.68. The van der Waals surface area contributed by atoms with Gasteiger partial charge in [0.05, 0.1) is 30.1 Å². The Labute approximate surface area is 316 Å². The maximum absolute atomic E-state index is 14.7. The fraction of sp³-hybridized carbons (Fsp3) is 0.625. The molecule has 1 spiro atoms. The Kier molecular flexibility index (Phi) is 9.35. The molecule has 54 heavy (non-hydrogen) atoms. The largest absolute Gasteiger partial charge is 0.461 e. The Balaban J connectivity index is 1.15. The monoisotopic (exact) mass is 744 g/mol. The number of alkyl halides is 1. The summed E-state index contributed by atoms with van der Waals surface area (Å²) in [6.07, 6.45) is 4.14. The van der Waals surface area contributed by atoms with Crippen molar-refractivity contribution in [1.82, 2.24) is 29.5 Å². The highest BCUT2D eigenvalue weighted by Gasteiger charge is 2.50. The van der Waals surface area contributed by atoms with Gasteiger partial charge in [-0.3, -0.25) is 19.7 Å². The van der Waals surface area contributed by atoms with Crippen LogP contribution in [0.1, 0.15) is 98.4 Å². The minimum Gasteiger partial charge on any atom is -0.461 e. The van der Waals surface area contributed by atoms with E-state index in [4.69, 9.17) is 24.2 Å². The van der Waals surface area contributed by atoms with Crippen molar-refractivity contribution in [2.75, 3.05) is 50.6 Å². The van der Waals surface area contributed by atoms with E-state index in [0.717, 1.165) is 67.0 Å². The van der Waals surface area contributed by atoms with E-state index in [9.17, 15) is 14.0 Å². The predicted molar refractivity (Wildman–Crippen MR) is 200 cm³/mol. The van der Waals surface area contributed by atoms with Gasteiger partial charge >= 0.3 is 12.1 Å². The summed E-state index contributed by atoms with van der Waals surface area (Å²) in [6.45, 7) is 11.6. The summed E-state index contributed by atoms with van der Waals surface area (Å²) in [5.74, 6) is 0.772. The molecule has 6 heterocycles. The second-order valence-electron chi connectivity index (χ2n) is 17.1. The number of amides is 2. The highest BCUT2D eigenvalue weighted by Crippen LogP contribution is 2.50. The van der Waals surface area contributed by atoms with Crippen molar-refractivity contribution in [2.24, 2.45) is 5.92 Å². The van der Waals surface area contributed by atoms with Crippen LogP contribution in [0.5, 0.6) is 6.01 Å². The summed E-state index contributed by atoms with van der Waals surface area (Å²) in [7, 11) is 3.46. The quantitative estimate of drug-likeness (QED) is 0.339. The lowest BCUT2D eigenvalue weighted by molar-refractivity contribution is -0.117. The van der Waals surface area contributed by atoms with Gasteiger partial charge in [0, 0.05) is 57.8 Å². The van der Waals surface area contributed by atoms with Crippen molar-refractivity contribution in [3.8, 4) is 6.01 Å². The molecule has 4 atom stereocenters. The molecule has 2 fully saturated rings. The van der Waals surface area contributed by atoms with Crippen LogP contribution in [0.25, 0.3) is 0 Å². The Morgan fingerprint density at radius 2 is 1.96 bits per heavy atom. The summed E-state index contributed by atoms with van der Waals surface area (Å²) >= 11 is 0. The van der Waals surface area contributed by atoms with E-state index in [1.165, 1.54) is 5.56 Å². The molecule has 1 aliphatic carbocycles. The fourth-order valence-corrected chi connectivity index (χ4v) is 9.29. The standard InChI is InChI=1S/C40H53FN8O5/c1-25-9-10-26-11-12-28(42-37(51)54-38(2,3)4)17-31(26)40(25)20-33-30(23-53-40)34(44-36(43-33)52-24-39-13-7-15-48(39)21-27(41)19-39)47-14-8-16-49-29(22-47)18-32(45-49)35(50)46(5)6/h11-12,17-18,25,27H,7-10,13-16,19-24H2,1-6H3,(H,42,51)/t25?,27-,39+,40?/m1/s1. The van der Waals surface area contributed by atoms with Crippen LogP contribution in [0.2, 0.25) is 0 Å². The zero-order valence-electron chi connectivity index (χ0n) is 32.4. The molecule has 3 aromatic rings. The van der Waals surface area contributed by atoms with Crippen LogP contribution < -0.4 is 15.0 Å². The third-order valence-corrected chi connectivity index (χ3v) is 12.0. The van der Waals surface area contributed by atoms with Gasteiger partial charge in [0.2, 0.25) is 0 Å². The van der Waals surface area contributed by atoms with Crippen LogP contribution in [-0.4, -0.2) is 99.2 Å². The van der Waals surface area contributed by atoms with E-state index >= 15 is 0 Å². The first-order chi connectivity index (χ1) is 25.7. The van der Waals surface area contributed by atoms with Gasteiger partial charge in [-0.2, -0.15) is 15.1 Å². The maximum atomic E-state index is 14.7. The first kappa shape index (κ1) is 36.7. The predicted octanol–water partition coefficient (Wildman–Crippen LogP) is 5.64. The molecular weight excluding hydrogens is 691 g/mol. The van der Waals surface area contributed by atoms with E-state index in [-0.39, 0.29) is 23.4 Å². The van der Waals surface area contributed by atoms with Crippen LogP contribution in [0.3, 0.4) is 0 Å². The van der Waals surface area contributed by atoms with Gasteiger partial charge in [0.25, 0.3) is 5.91 Å². The maximum Gasteiger partial charge on any atom is 0.412 e. The number of nitrogens with zero attached hydrogens (tertiary/aromatic N) is 7. The SMILES string of the molecule is CC1CCc2ccc(NC(=O)OC(C)(C)C)cc2C12Cc1nc(OC[C@@]34CCCN3C[C@H](F)C4)nc(N3CCCn4nc(C(=O)N(C)C)cc4C3)c1CO2. The molecule has 2 saturated heterocycles. The van der Waals surface area contributed by atoms with E-state index in [0.29, 0.717) is 63.6 Å². The summed E-state index contributed by atoms with van der Waals surface area (Å²) < 4.78 is 35.8. The van der Waals surface area contributed by atoms with Gasteiger partial charge in [0.15, 0.2) is 5.69 Å². The summed E-state index contributed by atoms with van der Waals surface area (Å²) in [4.78, 5) is 41.8. The average molecular weight is 745 g/mol. The molecule has 14 heteroatoms. The number of hydrogen-bond donors (Lipinski definition) is 1. The number of benzene rings is 1. The zero-order chi connectivity index (χ0) is 38.0. The molecule has 2 amide bonds. The lowest BCUT2D eigenvalue weighted by Crippen LogP contribution is -2.46. The number of anilines is 2. The topological polar surface area (TPSA) is 127 Å². The number of ether oxygens (including phenoxy) is 3. The van der Waals surface area contributed by atoms with Crippen LogP contribution in [0.15, 0.2) is 24.3 Å².